The van der Waals surface area contributed by atoms with Gasteiger partial charge in [-0.25, -0.2) is 4.79 Å². The highest BCUT2D eigenvalue weighted by Gasteiger charge is 1.89. The fraction of sp³-hybridized carbons (Fsp3) is 0.400. The van der Waals surface area contributed by atoms with Gasteiger partial charge in [-0.1, -0.05) is 0 Å². The molecule has 0 aliphatic carbocycles. The minimum atomic E-state index is -1.02. The molecular formula is C5H8O3. The van der Waals surface area contributed by atoms with Gasteiger partial charge in [0.25, 0.3) is 0 Å². The van der Waals surface area contributed by atoms with Crippen LogP contribution in [0.1, 0.15) is 6.92 Å². The lowest BCUT2D eigenvalue weighted by atomic mass is 10.3. The molecule has 0 unspecified atom stereocenters. The lowest BCUT2D eigenvalue weighted by Crippen LogP contribution is -1.92. The molecule has 0 aliphatic heterocycles. The highest BCUT2D eigenvalue weighted by Crippen LogP contribution is 1.86. The fourth-order valence-electron chi connectivity index (χ4n) is 0.256. The van der Waals surface area contributed by atoms with E-state index in [2.05, 4.69) is 0 Å². The number of hydrogen-bond acceptors (Lipinski definition) is 2. The highest BCUT2D eigenvalue weighted by molar-refractivity contribution is 5.80. The summed E-state index contributed by atoms with van der Waals surface area (Å²) in [5.74, 6) is -1.02. The molecule has 0 aliphatic rings. The lowest BCUT2D eigenvalue weighted by Gasteiger charge is -1.87. The zero-order valence-electron chi connectivity index (χ0n) is 4.59. The van der Waals surface area contributed by atoms with E-state index in [-0.39, 0.29) is 6.61 Å². The quantitative estimate of drug-likeness (QED) is 0.499. The van der Waals surface area contributed by atoms with Crippen molar-refractivity contribution in [2.45, 2.75) is 6.92 Å². The Kier molecular flexibility index (Phi) is 2.88. The standard InChI is InChI=1S/C5H8O3/c1-4(3-6)2-5(7)8/h2,6H,3H2,1H3,(H,7,8)/b4-2+. The molecule has 0 amide bonds. The third-order valence-corrected chi connectivity index (χ3v) is 0.619. The van der Waals surface area contributed by atoms with Crippen molar-refractivity contribution >= 4 is 5.97 Å². The van der Waals surface area contributed by atoms with Gasteiger partial charge in [0.2, 0.25) is 0 Å². The average Bonchev–Trinajstić information content (AvgIpc) is 1.65. The van der Waals surface area contributed by atoms with Crippen LogP contribution in [0.2, 0.25) is 0 Å². The number of carbonyl (C=O) groups is 1. The first-order valence-corrected chi connectivity index (χ1v) is 2.17. The summed E-state index contributed by atoms with van der Waals surface area (Å²) in [5.41, 5.74) is 0.456. The lowest BCUT2D eigenvalue weighted by molar-refractivity contribution is -0.131. The van der Waals surface area contributed by atoms with E-state index in [1.54, 1.807) is 6.92 Å². The molecular weight excluding hydrogens is 108 g/mol. The molecule has 0 radical (unpaired) electrons. The molecule has 0 bridgehead atoms. The van der Waals surface area contributed by atoms with Crippen molar-refractivity contribution in [2.24, 2.45) is 0 Å². The van der Waals surface area contributed by atoms with Crippen LogP contribution in [0.4, 0.5) is 0 Å². The maximum atomic E-state index is 9.78. The van der Waals surface area contributed by atoms with Gasteiger partial charge in [0, 0.05) is 6.08 Å². The summed E-state index contributed by atoms with van der Waals surface area (Å²) >= 11 is 0. The second kappa shape index (κ2) is 3.21. The molecule has 3 heteroatoms. The number of aliphatic hydroxyl groups is 1. The van der Waals surface area contributed by atoms with E-state index in [1.165, 1.54) is 0 Å². The van der Waals surface area contributed by atoms with Gasteiger partial charge in [0.15, 0.2) is 0 Å². The fourth-order valence-corrected chi connectivity index (χ4v) is 0.256. The predicted octanol–water partition coefficient (Wildman–Crippen LogP) is 0.00960. The molecule has 2 N–H and O–H groups in total. The van der Waals surface area contributed by atoms with E-state index in [0.29, 0.717) is 5.57 Å². The first kappa shape index (κ1) is 7.17. The monoisotopic (exact) mass is 116 g/mol. The molecule has 46 valence electrons. The van der Waals surface area contributed by atoms with Crippen molar-refractivity contribution in [2.75, 3.05) is 6.61 Å². The Morgan fingerprint density at radius 3 is 2.38 bits per heavy atom. The van der Waals surface area contributed by atoms with Gasteiger partial charge in [-0.2, -0.15) is 0 Å². The number of aliphatic hydroxyl groups excluding tert-OH is 1. The van der Waals surface area contributed by atoms with Gasteiger partial charge in [0.05, 0.1) is 6.61 Å². The van der Waals surface area contributed by atoms with Crippen molar-refractivity contribution in [1.29, 1.82) is 0 Å². The number of rotatable bonds is 2. The van der Waals surface area contributed by atoms with Crippen LogP contribution in [0.15, 0.2) is 11.6 Å². The zero-order chi connectivity index (χ0) is 6.57. The maximum absolute atomic E-state index is 9.78. The first-order chi connectivity index (χ1) is 3.66. The molecule has 0 heterocycles. The molecule has 0 spiro atoms. The summed E-state index contributed by atoms with van der Waals surface area (Å²) in [5, 5.41) is 16.3. The van der Waals surface area contributed by atoms with Gasteiger partial charge in [-0.05, 0) is 12.5 Å². The summed E-state index contributed by atoms with van der Waals surface area (Å²) in [6, 6.07) is 0. The van der Waals surface area contributed by atoms with Crippen molar-refractivity contribution in [3.05, 3.63) is 11.6 Å². The van der Waals surface area contributed by atoms with E-state index >= 15 is 0 Å². The van der Waals surface area contributed by atoms with Gasteiger partial charge >= 0.3 is 5.97 Å². The largest absolute Gasteiger partial charge is 0.478 e. The Balaban J connectivity index is 3.75. The topological polar surface area (TPSA) is 57.5 Å². The molecule has 0 fully saturated rings. The molecule has 0 saturated heterocycles. The van der Waals surface area contributed by atoms with Gasteiger partial charge in [-0.15, -0.1) is 0 Å². The van der Waals surface area contributed by atoms with Crippen LogP contribution in [-0.4, -0.2) is 22.8 Å². The summed E-state index contributed by atoms with van der Waals surface area (Å²) in [6.45, 7) is 1.36. The minimum Gasteiger partial charge on any atom is -0.478 e. The Bertz CT molecular complexity index is 115. The van der Waals surface area contributed by atoms with Gasteiger partial charge in [-0.3, -0.25) is 0 Å². The van der Waals surface area contributed by atoms with Crippen LogP contribution < -0.4 is 0 Å². The average molecular weight is 116 g/mol. The van der Waals surface area contributed by atoms with Crippen molar-refractivity contribution in [3.63, 3.8) is 0 Å². The van der Waals surface area contributed by atoms with Gasteiger partial charge in [0.1, 0.15) is 0 Å². The van der Waals surface area contributed by atoms with E-state index < -0.39 is 5.97 Å². The molecule has 3 nitrogen and oxygen atoms in total. The van der Waals surface area contributed by atoms with Crippen LogP contribution in [0.25, 0.3) is 0 Å². The second-order valence-electron chi connectivity index (χ2n) is 1.49. The highest BCUT2D eigenvalue weighted by atomic mass is 16.4. The summed E-state index contributed by atoms with van der Waals surface area (Å²) in [7, 11) is 0. The first-order valence-electron chi connectivity index (χ1n) is 2.17. The zero-order valence-corrected chi connectivity index (χ0v) is 4.59. The Morgan fingerprint density at radius 1 is 1.75 bits per heavy atom. The number of carboxylic acid groups (broad SMARTS) is 1. The summed E-state index contributed by atoms with van der Waals surface area (Å²) in [6.07, 6.45) is 0.972. The van der Waals surface area contributed by atoms with E-state index in [4.69, 9.17) is 10.2 Å². The second-order valence-corrected chi connectivity index (χ2v) is 1.49. The van der Waals surface area contributed by atoms with Crippen LogP contribution in [0, 0.1) is 0 Å². The molecule has 0 rings (SSSR count). The Labute approximate surface area is 47.3 Å². The molecule has 0 atom stereocenters. The molecule has 0 aromatic heterocycles. The molecule has 0 aromatic rings. The summed E-state index contributed by atoms with van der Waals surface area (Å²) in [4.78, 5) is 9.78. The van der Waals surface area contributed by atoms with Crippen LogP contribution in [0.3, 0.4) is 0 Å². The van der Waals surface area contributed by atoms with E-state index in [9.17, 15) is 4.79 Å². The SMILES string of the molecule is C/C(=C\C(=O)O)CO. The van der Waals surface area contributed by atoms with Crippen LogP contribution in [-0.2, 0) is 4.79 Å². The third kappa shape index (κ3) is 3.36. The van der Waals surface area contributed by atoms with E-state index in [1.807, 2.05) is 0 Å². The smallest absolute Gasteiger partial charge is 0.328 e. The van der Waals surface area contributed by atoms with Crippen molar-refractivity contribution < 1.29 is 15.0 Å². The Morgan fingerprint density at radius 2 is 2.25 bits per heavy atom. The van der Waals surface area contributed by atoms with Crippen molar-refractivity contribution in [3.8, 4) is 0 Å². The number of carboxylic acids is 1. The van der Waals surface area contributed by atoms with Gasteiger partial charge < -0.3 is 10.2 Å². The van der Waals surface area contributed by atoms with Crippen LogP contribution >= 0.6 is 0 Å². The normalized spacial score (nSPS) is 11.5. The molecule has 0 aromatic carbocycles. The third-order valence-electron chi connectivity index (χ3n) is 0.619. The minimum absolute atomic E-state index is 0.188. The van der Waals surface area contributed by atoms with E-state index in [0.717, 1.165) is 6.08 Å². The maximum Gasteiger partial charge on any atom is 0.328 e. The summed E-state index contributed by atoms with van der Waals surface area (Å²) < 4.78 is 0. The number of hydrogen-bond donors (Lipinski definition) is 2. The van der Waals surface area contributed by atoms with Crippen molar-refractivity contribution in [1.82, 2.24) is 0 Å². The Hall–Kier alpha value is -0.830. The molecule has 0 saturated carbocycles. The van der Waals surface area contributed by atoms with Crippen LogP contribution in [0.5, 0.6) is 0 Å². The molecule has 8 heavy (non-hydrogen) atoms. The predicted molar refractivity (Wildman–Crippen MR) is 28.5 cm³/mol. The number of aliphatic carboxylic acids is 1.